The van der Waals surface area contributed by atoms with Crippen LogP contribution in [-0.2, 0) is 4.79 Å². The molecular weight excluding hydrogens is 145 g/mol. The van der Waals surface area contributed by atoms with E-state index in [2.05, 4.69) is 4.85 Å². The van der Waals surface area contributed by atoms with Gasteiger partial charge in [-0.3, -0.25) is 0 Å². The Morgan fingerprint density at radius 2 is 2.00 bits per heavy atom. The first kappa shape index (κ1) is 12.3. The van der Waals surface area contributed by atoms with Crippen molar-refractivity contribution in [3.05, 3.63) is 11.4 Å². The van der Waals surface area contributed by atoms with Gasteiger partial charge in [0.25, 0.3) is 5.54 Å². The van der Waals surface area contributed by atoms with Crippen LogP contribution in [0.15, 0.2) is 0 Å². The van der Waals surface area contributed by atoms with Crippen LogP contribution in [0.25, 0.3) is 4.85 Å². The normalized spacial score (nSPS) is 9.00. The fourth-order valence-corrected chi connectivity index (χ4v) is 0.0456. The average molecular weight is 151 g/mol. The molecule has 0 unspecified atom stereocenters. The minimum Gasteiger partial charge on any atom is -0.542 e. The van der Waals surface area contributed by atoms with Crippen LogP contribution in [0.3, 0.4) is 0 Å². The van der Waals surface area contributed by atoms with Crippen LogP contribution < -0.4 is 56.5 Å². The van der Waals surface area contributed by atoms with E-state index in [1.807, 2.05) is 0 Å². The maximum absolute atomic E-state index is 9.93. The van der Waals surface area contributed by atoms with Crippen molar-refractivity contribution in [3.63, 3.8) is 0 Å². The first-order valence-electron chi connectivity index (χ1n) is 2.11. The molecule has 0 fully saturated rings. The maximum Gasteiger partial charge on any atom is 1.00 e. The third-order valence-corrected chi connectivity index (χ3v) is 0.779. The molecule has 0 bridgehead atoms. The number of rotatable bonds is 1. The fraction of sp³-hybridized carbons (Fsp3) is 0.600. The summed E-state index contributed by atoms with van der Waals surface area (Å²) in [5.74, 6) is -1.33. The third-order valence-electron chi connectivity index (χ3n) is 0.779. The fourth-order valence-electron chi connectivity index (χ4n) is 0.0456. The van der Waals surface area contributed by atoms with E-state index in [0.29, 0.717) is 0 Å². The number of carbonyl (C=O) groups is 1. The summed E-state index contributed by atoms with van der Waals surface area (Å²) >= 11 is 0. The van der Waals surface area contributed by atoms with Gasteiger partial charge in [-0.25, -0.2) is 6.57 Å². The summed E-state index contributed by atoms with van der Waals surface area (Å²) in [6, 6.07) is 0. The quantitative estimate of drug-likeness (QED) is 0.287. The zero-order valence-electron chi connectivity index (χ0n) is 5.76. The van der Waals surface area contributed by atoms with Gasteiger partial charge in [-0.05, 0) is 0 Å². The predicted molar refractivity (Wildman–Crippen MR) is 25.7 cm³/mol. The summed E-state index contributed by atoms with van der Waals surface area (Å²) in [4.78, 5) is 12.7. The summed E-state index contributed by atoms with van der Waals surface area (Å²) in [5, 5.41) is 9.93. The van der Waals surface area contributed by atoms with E-state index in [-0.39, 0.29) is 51.4 Å². The standard InChI is InChI=1S/C5H7NO2.K/c1-5(2,6-3)4(7)8;/h1-2H3,(H,7,8);/q;+1/p-1. The Kier molecular flexibility index (Phi) is 6.03. The Bertz CT molecular complexity index is 148. The van der Waals surface area contributed by atoms with Gasteiger partial charge in [0.2, 0.25) is 0 Å². The monoisotopic (exact) mass is 151 g/mol. The Hall–Kier alpha value is 0.596. The van der Waals surface area contributed by atoms with E-state index in [9.17, 15) is 9.90 Å². The molecule has 0 N–H and O–H groups in total. The topological polar surface area (TPSA) is 44.5 Å². The molecule has 0 aliphatic rings. The van der Waals surface area contributed by atoms with Crippen molar-refractivity contribution in [2.45, 2.75) is 19.4 Å². The molecule has 0 atom stereocenters. The van der Waals surface area contributed by atoms with Crippen LogP contribution in [0.5, 0.6) is 0 Å². The second-order valence-corrected chi connectivity index (χ2v) is 1.96. The Morgan fingerprint density at radius 1 is 1.67 bits per heavy atom. The van der Waals surface area contributed by atoms with Crippen LogP contribution in [0.2, 0.25) is 0 Å². The van der Waals surface area contributed by atoms with Gasteiger partial charge in [0.1, 0.15) is 5.97 Å². The van der Waals surface area contributed by atoms with Crippen LogP contribution >= 0.6 is 0 Å². The Morgan fingerprint density at radius 3 is 2.00 bits per heavy atom. The zero-order valence-corrected chi connectivity index (χ0v) is 8.89. The predicted octanol–water partition coefficient (Wildman–Crippen LogP) is -3.56. The SMILES string of the molecule is [C-]#[N+]C(C)(C)C(=O)[O-].[K+]. The van der Waals surface area contributed by atoms with Crippen molar-refractivity contribution in [1.82, 2.24) is 0 Å². The van der Waals surface area contributed by atoms with E-state index in [0.717, 1.165) is 0 Å². The molecule has 0 radical (unpaired) electrons. The number of hydrogen-bond acceptors (Lipinski definition) is 2. The molecule has 0 saturated carbocycles. The second-order valence-electron chi connectivity index (χ2n) is 1.96. The van der Waals surface area contributed by atoms with Gasteiger partial charge in [-0.1, -0.05) is 0 Å². The van der Waals surface area contributed by atoms with Crippen molar-refractivity contribution in [2.24, 2.45) is 0 Å². The third kappa shape index (κ3) is 4.06. The minimum absolute atomic E-state index is 0. The van der Waals surface area contributed by atoms with Gasteiger partial charge >= 0.3 is 51.4 Å². The first-order chi connectivity index (χ1) is 3.50. The maximum atomic E-state index is 9.93. The summed E-state index contributed by atoms with van der Waals surface area (Å²) in [5.41, 5.74) is -1.36. The molecular formula is C5H6KNO2. The summed E-state index contributed by atoms with van der Waals surface area (Å²) in [6.45, 7) is 8.94. The van der Waals surface area contributed by atoms with Gasteiger partial charge < -0.3 is 14.7 Å². The smallest absolute Gasteiger partial charge is 0.542 e. The molecule has 0 aliphatic carbocycles. The molecule has 44 valence electrons. The van der Waals surface area contributed by atoms with Gasteiger partial charge in [-0.2, -0.15) is 0 Å². The summed E-state index contributed by atoms with van der Waals surface area (Å²) in [7, 11) is 0. The molecule has 0 aliphatic heterocycles. The molecule has 0 rings (SSSR count). The molecule has 9 heavy (non-hydrogen) atoms. The summed E-state index contributed by atoms with van der Waals surface area (Å²) < 4.78 is 0. The second kappa shape index (κ2) is 4.42. The largest absolute Gasteiger partial charge is 1.00 e. The molecule has 0 saturated heterocycles. The van der Waals surface area contributed by atoms with Gasteiger partial charge in [0, 0.05) is 13.8 Å². The number of nitrogens with zero attached hydrogens (tertiary/aromatic N) is 1. The van der Waals surface area contributed by atoms with Gasteiger partial charge in [0.15, 0.2) is 0 Å². The Labute approximate surface area is 96.7 Å². The number of hydrogen-bond donors (Lipinski definition) is 0. The number of carbonyl (C=O) groups excluding carboxylic acids is 1. The van der Waals surface area contributed by atoms with Crippen LogP contribution in [-0.4, -0.2) is 11.5 Å². The van der Waals surface area contributed by atoms with Crippen LogP contribution in [0.1, 0.15) is 13.8 Å². The number of carboxylic acids is 1. The molecule has 3 nitrogen and oxygen atoms in total. The van der Waals surface area contributed by atoms with E-state index < -0.39 is 11.5 Å². The molecule has 4 heteroatoms. The van der Waals surface area contributed by atoms with Crippen molar-refractivity contribution in [3.8, 4) is 0 Å². The molecule has 0 aromatic rings. The molecule has 0 aromatic heterocycles. The number of carboxylic acid groups (broad SMARTS) is 1. The zero-order chi connectivity index (χ0) is 6.78. The van der Waals surface area contributed by atoms with Crippen molar-refractivity contribution in [1.29, 1.82) is 0 Å². The molecule has 0 amide bonds. The molecule has 0 spiro atoms. The van der Waals surface area contributed by atoms with Gasteiger partial charge in [-0.15, -0.1) is 0 Å². The average Bonchev–Trinajstić information content (AvgIpc) is 1.67. The molecule has 0 heterocycles. The van der Waals surface area contributed by atoms with Crippen LogP contribution in [0.4, 0.5) is 0 Å². The van der Waals surface area contributed by atoms with E-state index in [1.165, 1.54) is 13.8 Å². The Balaban J connectivity index is 0. The van der Waals surface area contributed by atoms with E-state index in [1.54, 1.807) is 0 Å². The van der Waals surface area contributed by atoms with E-state index >= 15 is 0 Å². The molecule has 0 aromatic carbocycles. The van der Waals surface area contributed by atoms with Gasteiger partial charge in [0.05, 0.1) is 0 Å². The van der Waals surface area contributed by atoms with E-state index in [4.69, 9.17) is 6.57 Å². The minimum atomic E-state index is -1.36. The summed E-state index contributed by atoms with van der Waals surface area (Å²) in [6.07, 6.45) is 0. The van der Waals surface area contributed by atoms with Crippen LogP contribution in [0, 0.1) is 6.57 Å². The first-order valence-corrected chi connectivity index (χ1v) is 2.11. The number of aliphatic carboxylic acids is 1. The van der Waals surface area contributed by atoms with Crippen molar-refractivity contribution in [2.75, 3.05) is 0 Å². The van der Waals surface area contributed by atoms with Crippen molar-refractivity contribution >= 4 is 5.97 Å². The van der Waals surface area contributed by atoms with Crippen molar-refractivity contribution < 1.29 is 61.3 Å².